The largest absolute Gasteiger partial charge is 0.330 e. The molecule has 0 N–H and O–H groups in total. The van der Waals surface area contributed by atoms with Crippen molar-refractivity contribution in [3.63, 3.8) is 0 Å². The monoisotopic (exact) mass is 236 g/mol. The number of halogens is 4. The molecule has 8 heavy (non-hydrogen) atoms. The molecule has 0 aromatic heterocycles. The van der Waals surface area contributed by atoms with Gasteiger partial charge in [0.1, 0.15) is 0 Å². The summed E-state index contributed by atoms with van der Waals surface area (Å²) in [5.41, 5.74) is 0. The molecule has 0 saturated heterocycles. The van der Waals surface area contributed by atoms with Crippen molar-refractivity contribution in [3.8, 4) is 0 Å². The molecule has 48 valence electrons. The van der Waals surface area contributed by atoms with Crippen LogP contribution >= 0.6 is 22.6 Å². The summed E-state index contributed by atoms with van der Waals surface area (Å²) in [4.78, 5) is 0. The summed E-state index contributed by atoms with van der Waals surface area (Å²) in [6.45, 7) is 2.87. The van der Waals surface area contributed by atoms with E-state index in [1.54, 1.807) is 0 Å². The van der Waals surface area contributed by atoms with Gasteiger partial charge in [-0.3, -0.25) is 0 Å². The van der Waals surface area contributed by atoms with Gasteiger partial charge in [-0.15, -0.1) is 0 Å². The van der Waals surface area contributed by atoms with E-state index in [2.05, 4.69) is 6.58 Å². The van der Waals surface area contributed by atoms with E-state index in [4.69, 9.17) is 0 Å². The van der Waals surface area contributed by atoms with E-state index in [1.807, 2.05) is 0 Å². The molecule has 0 saturated carbocycles. The normalized spacial score (nSPS) is 15.5. The molecule has 0 spiro atoms. The van der Waals surface area contributed by atoms with Gasteiger partial charge in [0.2, 0.25) is 0 Å². The van der Waals surface area contributed by atoms with Crippen molar-refractivity contribution in [2.45, 2.75) is 10.1 Å². The molecule has 1 atom stereocenters. The van der Waals surface area contributed by atoms with Crippen molar-refractivity contribution >= 4 is 22.6 Å². The van der Waals surface area contributed by atoms with Gasteiger partial charge in [0, 0.05) is 22.6 Å². The Kier molecular flexibility index (Phi) is 2.79. The second kappa shape index (κ2) is 2.70. The highest BCUT2D eigenvalue weighted by Crippen LogP contribution is 2.29. The first kappa shape index (κ1) is 8.26. The fraction of sp³-hybridized carbons (Fsp3) is 0.500. The average molecular weight is 236 g/mol. The van der Waals surface area contributed by atoms with Crippen LogP contribution in [0.5, 0.6) is 0 Å². The predicted octanol–water partition coefficient (Wildman–Crippen LogP) is 2.54. The molecular formula is C4H4F3I. The van der Waals surface area contributed by atoms with E-state index in [0.29, 0.717) is 6.08 Å². The second-order valence-corrected chi connectivity index (χ2v) is 2.62. The van der Waals surface area contributed by atoms with Crippen LogP contribution in [0.25, 0.3) is 0 Å². The first-order chi connectivity index (χ1) is 3.48. The van der Waals surface area contributed by atoms with Gasteiger partial charge in [0.05, 0.1) is 0 Å². The van der Waals surface area contributed by atoms with Gasteiger partial charge in [-0.05, 0) is 0 Å². The summed E-state index contributed by atoms with van der Waals surface area (Å²) in [7, 11) is 0. The molecule has 0 aliphatic rings. The van der Waals surface area contributed by atoms with Crippen LogP contribution in [0.3, 0.4) is 0 Å². The second-order valence-electron chi connectivity index (χ2n) is 1.18. The van der Waals surface area contributed by atoms with Crippen LogP contribution in [0.1, 0.15) is 0 Å². The van der Waals surface area contributed by atoms with Crippen LogP contribution < -0.4 is 0 Å². The first-order valence-corrected chi connectivity index (χ1v) is 2.89. The summed E-state index contributed by atoms with van der Waals surface area (Å²) >= 11 is 0.723. The maximum atomic E-state index is 11.8. The minimum Gasteiger partial charge on any atom is -0.235 e. The SMILES string of the molecule is C=CC(F)C(F)(F)I. The van der Waals surface area contributed by atoms with Crippen molar-refractivity contribution in [1.82, 2.24) is 0 Å². The number of rotatable bonds is 2. The topological polar surface area (TPSA) is 0 Å². The lowest BCUT2D eigenvalue weighted by Crippen LogP contribution is -2.18. The highest BCUT2D eigenvalue weighted by atomic mass is 127. The van der Waals surface area contributed by atoms with Gasteiger partial charge in [0.15, 0.2) is 6.17 Å². The molecule has 0 radical (unpaired) electrons. The zero-order chi connectivity index (χ0) is 6.78. The van der Waals surface area contributed by atoms with Crippen molar-refractivity contribution in [3.05, 3.63) is 12.7 Å². The van der Waals surface area contributed by atoms with E-state index >= 15 is 0 Å². The summed E-state index contributed by atoms with van der Waals surface area (Å²) < 4.78 is 31.8. The van der Waals surface area contributed by atoms with Crippen LogP contribution in [0.2, 0.25) is 0 Å². The molecule has 0 fully saturated rings. The molecule has 0 rings (SSSR count). The molecule has 0 aliphatic heterocycles. The Labute approximate surface area is 58.9 Å². The van der Waals surface area contributed by atoms with Crippen LogP contribution in [0.15, 0.2) is 12.7 Å². The fourth-order valence-corrected chi connectivity index (χ4v) is 0.388. The summed E-state index contributed by atoms with van der Waals surface area (Å²) in [5.74, 6) is 0. The number of alkyl halides is 4. The molecule has 0 amide bonds. The Bertz CT molecular complexity index is 85.8. The lowest BCUT2D eigenvalue weighted by molar-refractivity contribution is 0.0567. The maximum absolute atomic E-state index is 11.8. The Morgan fingerprint density at radius 3 is 2.00 bits per heavy atom. The Morgan fingerprint density at radius 2 is 2.00 bits per heavy atom. The molecule has 0 aliphatic carbocycles. The van der Waals surface area contributed by atoms with E-state index < -0.39 is 10.1 Å². The third-order valence-electron chi connectivity index (χ3n) is 0.520. The Morgan fingerprint density at radius 1 is 1.62 bits per heavy atom. The number of hydrogen-bond donors (Lipinski definition) is 0. The Hall–Kier alpha value is 0.260. The van der Waals surface area contributed by atoms with Crippen molar-refractivity contribution in [1.29, 1.82) is 0 Å². The zero-order valence-corrected chi connectivity index (χ0v) is 6.03. The van der Waals surface area contributed by atoms with Crippen molar-refractivity contribution in [2.75, 3.05) is 0 Å². The van der Waals surface area contributed by atoms with Gasteiger partial charge in [0.25, 0.3) is 0 Å². The molecule has 0 aromatic rings. The number of allylic oxidation sites excluding steroid dienone is 1. The zero-order valence-electron chi connectivity index (χ0n) is 3.87. The number of hydrogen-bond acceptors (Lipinski definition) is 0. The van der Waals surface area contributed by atoms with Gasteiger partial charge in [-0.1, -0.05) is 12.7 Å². The average Bonchev–Trinajstić information content (AvgIpc) is 1.62. The van der Waals surface area contributed by atoms with Gasteiger partial charge < -0.3 is 0 Å². The minimum absolute atomic E-state index is 0.576. The van der Waals surface area contributed by atoms with Crippen LogP contribution in [0, 0.1) is 0 Å². The molecule has 4 heteroatoms. The van der Waals surface area contributed by atoms with E-state index in [1.165, 1.54) is 0 Å². The van der Waals surface area contributed by atoms with Crippen LogP contribution in [0.4, 0.5) is 13.2 Å². The van der Waals surface area contributed by atoms with E-state index in [0.717, 1.165) is 22.6 Å². The van der Waals surface area contributed by atoms with Crippen molar-refractivity contribution < 1.29 is 13.2 Å². The Balaban J connectivity index is 3.80. The fourth-order valence-electron chi connectivity index (χ4n) is 0.134. The summed E-state index contributed by atoms with van der Waals surface area (Å²) in [6.07, 6.45) is -1.66. The molecule has 0 heterocycles. The quantitative estimate of drug-likeness (QED) is 0.392. The first-order valence-electron chi connectivity index (χ1n) is 1.82. The molecule has 0 nitrogen and oxygen atoms in total. The summed E-state index contributed by atoms with van der Waals surface area (Å²) in [6, 6.07) is 0. The third kappa shape index (κ3) is 2.54. The highest BCUT2D eigenvalue weighted by Gasteiger charge is 2.33. The van der Waals surface area contributed by atoms with Gasteiger partial charge in [-0.2, -0.15) is 8.78 Å². The van der Waals surface area contributed by atoms with Crippen LogP contribution in [-0.4, -0.2) is 10.1 Å². The molecular weight excluding hydrogens is 232 g/mol. The predicted molar refractivity (Wildman–Crippen MR) is 34.1 cm³/mol. The molecule has 0 bridgehead atoms. The van der Waals surface area contributed by atoms with Gasteiger partial charge >= 0.3 is 3.93 Å². The van der Waals surface area contributed by atoms with E-state index in [9.17, 15) is 13.2 Å². The molecule has 0 aromatic carbocycles. The summed E-state index contributed by atoms with van der Waals surface area (Å²) in [5, 5.41) is 0. The van der Waals surface area contributed by atoms with Crippen LogP contribution in [-0.2, 0) is 0 Å². The van der Waals surface area contributed by atoms with Gasteiger partial charge in [-0.25, -0.2) is 4.39 Å². The third-order valence-corrected chi connectivity index (χ3v) is 1.11. The minimum atomic E-state index is -3.31. The standard InChI is InChI=1S/C4H4F3I/c1-2-3(5)4(6,7)8/h2-3H,1H2. The lowest BCUT2D eigenvalue weighted by Gasteiger charge is -2.07. The lowest BCUT2D eigenvalue weighted by atomic mass is 10.4. The maximum Gasteiger partial charge on any atom is 0.330 e. The molecule has 1 unspecified atom stereocenters. The van der Waals surface area contributed by atoms with E-state index in [-0.39, 0.29) is 0 Å². The highest BCUT2D eigenvalue weighted by molar-refractivity contribution is 14.1. The van der Waals surface area contributed by atoms with Crippen molar-refractivity contribution in [2.24, 2.45) is 0 Å². The smallest absolute Gasteiger partial charge is 0.235 e.